The summed E-state index contributed by atoms with van der Waals surface area (Å²) in [5.74, 6) is -2.03. The normalized spacial score (nSPS) is 10.4. The first-order chi connectivity index (χ1) is 12.3. The molecule has 0 atom stereocenters. The Bertz CT molecular complexity index is 841. The minimum Gasteiger partial charge on any atom is -0.505 e. The topological polar surface area (TPSA) is 95.9 Å². The average Bonchev–Trinajstić information content (AvgIpc) is 2.56. The number of carbonyl (C=O) groups excluding carboxylic acids is 1. The van der Waals surface area contributed by atoms with Gasteiger partial charge in [-0.2, -0.15) is 0 Å². The maximum absolute atomic E-state index is 12.0. The fourth-order valence-electron chi connectivity index (χ4n) is 2.12. The molecule has 2 aromatic carbocycles. The molecule has 6 nitrogen and oxygen atoms in total. The Hall–Kier alpha value is -2.15. The van der Waals surface area contributed by atoms with Crippen LogP contribution in [0, 0.1) is 0 Å². The highest BCUT2D eigenvalue weighted by Gasteiger charge is 2.23. The number of halogens is 3. The number of ether oxygens (including phenoxy) is 1. The first-order valence-corrected chi connectivity index (χ1v) is 8.55. The predicted octanol–water partition coefficient (Wildman–Crippen LogP) is 4.85. The van der Waals surface area contributed by atoms with E-state index in [0.29, 0.717) is 17.2 Å². The van der Waals surface area contributed by atoms with Crippen molar-refractivity contribution in [1.29, 1.82) is 0 Å². The number of aromatic hydroxyl groups is 1. The van der Waals surface area contributed by atoms with Gasteiger partial charge in [0.15, 0.2) is 5.75 Å². The molecule has 0 spiro atoms. The number of hydrogen-bond donors (Lipinski definition) is 3. The smallest absolute Gasteiger partial charge is 0.341 e. The van der Waals surface area contributed by atoms with Gasteiger partial charge in [-0.25, -0.2) is 4.79 Å². The van der Waals surface area contributed by atoms with Gasteiger partial charge in [0.1, 0.15) is 11.3 Å². The van der Waals surface area contributed by atoms with Crippen LogP contribution in [0.4, 0.5) is 5.69 Å². The van der Waals surface area contributed by atoms with E-state index in [4.69, 9.17) is 39.5 Å². The summed E-state index contributed by atoms with van der Waals surface area (Å²) < 4.78 is 5.47. The van der Waals surface area contributed by atoms with Crippen molar-refractivity contribution in [1.82, 2.24) is 0 Å². The van der Waals surface area contributed by atoms with Crippen molar-refractivity contribution in [3.05, 3.63) is 51.0 Å². The van der Waals surface area contributed by atoms with E-state index in [9.17, 15) is 19.8 Å². The largest absolute Gasteiger partial charge is 0.505 e. The van der Waals surface area contributed by atoms with Crippen LogP contribution < -0.4 is 10.1 Å². The fourth-order valence-corrected chi connectivity index (χ4v) is 2.81. The summed E-state index contributed by atoms with van der Waals surface area (Å²) >= 11 is 17.5. The predicted molar refractivity (Wildman–Crippen MR) is 99.9 cm³/mol. The number of phenols is 1. The van der Waals surface area contributed by atoms with E-state index in [2.05, 4.69) is 5.32 Å². The Morgan fingerprint density at radius 2 is 1.85 bits per heavy atom. The third kappa shape index (κ3) is 5.17. The maximum atomic E-state index is 12.0. The molecule has 1 amide bonds. The van der Waals surface area contributed by atoms with Crippen LogP contribution in [0.5, 0.6) is 11.5 Å². The van der Waals surface area contributed by atoms with Crippen LogP contribution in [-0.4, -0.2) is 28.7 Å². The molecule has 0 fully saturated rings. The maximum Gasteiger partial charge on any atom is 0.341 e. The molecule has 26 heavy (non-hydrogen) atoms. The highest BCUT2D eigenvalue weighted by atomic mass is 35.5. The molecular formula is C17H14Cl3NO5. The molecule has 0 aliphatic rings. The molecule has 0 unspecified atom stereocenters. The summed E-state index contributed by atoms with van der Waals surface area (Å²) in [6, 6.07) is 8.00. The number of amides is 1. The molecule has 3 N–H and O–H groups in total. The van der Waals surface area contributed by atoms with Crippen molar-refractivity contribution >= 4 is 52.4 Å². The van der Waals surface area contributed by atoms with Crippen molar-refractivity contribution in [2.24, 2.45) is 0 Å². The first kappa shape index (κ1) is 20.2. The monoisotopic (exact) mass is 417 g/mol. The number of nitrogens with one attached hydrogen (secondary N) is 1. The number of carboxylic acids is 1. The summed E-state index contributed by atoms with van der Waals surface area (Å²) in [5, 5.41) is 21.6. The van der Waals surface area contributed by atoms with Crippen LogP contribution in [0.25, 0.3) is 0 Å². The van der Waals surface area contributed by atoms with Crippen molar-refractivity contribution in [2.45, 2.75) is 12.8 Å². The lowest BCUT2D eigenvalue weighted by Crippen LogP contribution is -2.16. The summed E-state index contributed by atoms with van der Waals surface area (Å²) in [6.07, 6.45) is 0.428. The zero-order valence-corrected chi connectivity index (χ0v) is 15.5. The molecule has 0 aliphatic heterocycles. The van der Waals surface area contributed by atoms with E-state index in [1.807, 2.05) is 0 Å². The number of carboxylic acid groups (broad SMARTS) is 1. The quantitative estimate of drug-likeness (QED) is 0.559. The third-order valence-electron chi connectivity index (χ3n) is 3.30. The van der Waals surface area contributed by atoms with Crippen LogP contribution in [0.2, 0.25) is 15.1 Å². The van der Waals surface area contributed by atoms with Crippen molar-refractivity contribution in [2.75, 3.05) is 11.9 Å². The number of benzene rings is 2. The van der Waals surface area contributed by atoms with E-state index in [1.165, 1.54) is 0 Å². The van der Waals surface area contributed by atoms with Gasteiger partial charge < -0.3 is 20.3 Å². The lowest BCUT2D eigenvalue weighted by molar-refractivity contribution is -0.116. The van der Waals surface area contributed by atoms with Gasteiger partial charge in [-0.3, -0.25) is 4.79 Å². The summed E-state index contributed by atoms with van der Waals surface area (Å²) in [5.41, 5.74) is -0.771. The van der Waals surface area contributed by atoms with Crippen LogP contribution >= 0.6 is 34.8 Å². The second kappa shape index (κ2) is 8.98. The number of rotatable bonds is 7. The van der Waals surface area contributed by atoms with E-state index in [0.717, 1.165) is 6.07 Å². The summed E-state index contributed by atoms with van der Waals surface area (Å²) in [4.78, 5) is 23.4. The first-order valence-electron chi connectivity index (χ1n) is 7.42. The van der Waals surface area contributed by atoms with E-state index in [-0.39, 0.29) is 28.8 Å². The Labute approximate surface area is 164 Å². The highest BCUT2D eigenvalue weighted by molar-refractivity contribution is 6.39. The van der Waals surface area contributed by atoms with Crippen LogP contribution in [0.3, 0.4) is 0 Å². The van der Waals surface area contributed by atoms with Gasteiger partial charge in [-0.05, 0) is 30.7 Å². The molecule has 2 aromatic rings. The summed E-state index contributed by atoms with van der Waals surface area (Å²) in [6.45, 7) is 0.263. The zero-order valence-electron chi connectivity index (χ0n) is 13.3. The second-order valence-electron chi connectivity index (χ2n) is 5.20. The molecule has 0 heterocycles. The Morgan fingerprint density at radius 3 is 2.50 bits per heavy atom. The minimum atomic E-state index is -1.47. The number of anilines is 1. The fraction of sp³-hybridized carbons (Fsp3) is 0.176. The second-order valence-corrected chi connectivity index (χ2v) is 6.45. The van der Waals surface area contributed by atoms with E-state index >= 15 is 0 Å². The molecule has 2 rings (SSSR count). The van der Waals surface area contributed by atoms with Crippen LogP contribution in [-0.2, 0) is 4.79 Å². The highest BCUT2D eigenvalue weighted by Crippen LogP contribution is 2.38. The molecule has 0 aliphatic carbocycles. The van der Waals surface area contributed by atoms with Crippen LogP contribution in [0.1, 0.15) is 23.2 Å². The van der Waals surface area contributed by atoms with E-state index < -0.39 is 23.2 Å². The zero-order chi connectivity index (χ0) is 19.3. The Balaban J connectivity index is 1.96. The van der Waals surface area contributed by atoms with Gasteiger partial charge in [0.25, 0.3) is 0 Å². The Kier molecular flexibility index (Phi) is 6.97. The molecule has 0 bridgehead atoms. The molecular weight excluding hydrogens is 405 g/mol. The molecule has 0 radical (unpaired) electrons. The molecule has 9 heteroatoms. The molecule has 0 saturated heterocycles. The van der Waals surface area contributed by atoms with Crippen molar-refractivity contribution in [3.63, 3.8) is 0 Å². The summed E-state index contributed by atoms with van der Waals surface area (Å²) in [7, 11) is 0. The van der Waals surface area contributed by atoms with Gasteiger partial charge in [0, 0.05) is 11.4 Å². The number of aromatic carboxylic acids is 1. The van der Waals surface area contributed by atoms with Gasteiger partial charge in [0.05, 0.1) is 22.3 Å². The van der Waals surface area contributed by atoms with Gasteiger partial charge in [0.2, 0.25) is 5.91 Å². The van der Waals surface area contributed by atoms with Crippen LogP contribution in [0.15, 0.2) is 30.3 Å². The standard InChI is InChI=1S/C17H14Cl3NO5/c18-9-3-1-4-10(7-9)26-6-2-5-13(22)21-15-11(19)8-12(20)16(23)14(15)17(24)25/h1,3-4,7-8,23H,2,5-6H2,(H,21,22)(H,24,25). The third-order valence-corrected chi connectivity index (χ3v) is 4.12. The molecule has 0 aromatic heterocycles. The Morgan fingerprint density at radius 1 is 1.12 bits per heavy atom. The molecule has 138 valence electrons. The number of hydrogen-bond acceptors (Lipinski definition) is 4. The van der Waals surface area contributed by atoms with Gasteiger partial charge in [-0.1, -0.05) is 40.9 Å². The molecule has 0 saturated carbocycles. The van der Waals surface area contributed by atoms with Crippen molar-refractivity contribution < 1.29 is 24.5 Å². The average molecular weight is 419 g/mol. The van der Waals surface area contributed by atoms with E-state index in [1.54, 1.807) is 24.3 Å². The van der Waals surface area contributed by atoms with Crippen molar-refractivity contribution in [3.8, 4) is 11.5 Å². The SMILES string of the molecule is O=C(CCCOc1cccc(Cl)c1)Nc1c(Cl)cc(Cl)c(O)c1C(=O)O. The lowest BCUT2D eigenvalue weighted by Gasteiger charge is -2.13. The van der Waals surface area contributed by atoms with Gasteiger partial charge >= 0.3 is 5.97 Å². The lowest BCUT2D eigenvalue weighted by atomic mass is 10.1. The number of carbonyl (C=O) groups is 2. The van der Waals surface area contributed by atoms with Gasteiger partial charge in [-0.15, -0.1) is 0 Å². The minimum absolute atomic E-state index is 0.0549.